The SMILES string of the molecule is Cn1c(NC(=O)CCC(=O)O)nc2cc(F)ccc21. The number of halogens is 1. The van der Waals surface area contributed by atoms with Gasteiger partial charge in [-0.3, -0.25) is 14.9 Å². The fourth-order valence-corrected chi connectivity index (χ4v) is 1.69. The highest BCUT2D eigenvalue weighted by molar-refractivity contribution is 5.92. The van der Waals surface area contributed by atoms with Crippen molar-refractivity contribution in [2.75, 3.05) is 5.32 Å². The summed E-state index contributed by atoms with van der Waals surface area (Å²) in [6.07, 6.45) is -0.378. The maximum atomic E-state index is 13.0. The number of carboxylic acid groups (broad SMARTS) is 1. The number of carbonyl (C=O) groups excluding carboxylic acids is 1. The summed E-state index contributed by atoms with van der Waals surface area (Å²) in [6.45, 7) is 0. The van der Waals surface area contributed by atoms with E-state index in [1.807, 2.05) is 0 Å². The van der Waals surface area contributed by atoms with Crippen LogP contribution < -0.4 is 5.32 Å². The van der Waals surface area contributed by atoms with E-state index in [-0.39, 0.29) is 18.8 Å². The molecule has 1 aromatic carbocycles. The van der Waals surface area contributed by atoms with E-state index in [1.165, 1.54) is 12.1 Å². The Morgan fingerprint density at radius 3 is 2.84 bits per heavy atom. The second-order valence-corrected chi connectivity index (χ2v) is 4.07. The minimum absolute atomic E-state index is 0.132. The maximum Gasteiger partial charge on any atom is 0.303 e. The third-order valence-corrected chi connectivity index (χ3v) is 2.66. The molecular formula is C12H12FN3O3. The van der Waals surface area contributed by atoms with Crippen LogP contribution in [0.4, 0.5) is 10.3 Å². The zero-order valence-corrected chi connectivity index (χ0v) is 10.2. The Balaban J connectivity index is 2.19. The van der Waals surface area contributed by atoms with Crippen LogP contribution in [-0.2, 0) is 16.6 Å². The van der Waals surface area contributed by atoms with E-state index in [4.69, 9.17) is 5.11 Å². The fourth-order valence-electron chi connectivity index (χ4n) is 1.69. The van der Waals surface area contributed by atoms with E-state index < -0.39 is 17.7 Å². The van der Waals surface area contributed by atoms with Crippen LogP contribution in [-0.4, -0.2) is 26.5 Å². The quantitative estimate of drug-likeness (QED) is 0.877. The van der Waals surface area contributed by atoms with E-state index in [0.717, 1.165) is 0 Å². The molecule has 0 spiro atoms. The molecule has 7 heteroatoms. The molecule has 1 amide bonds. The molecule has 0 aliphatic carbocycles. The number of amides is 1. The first-order chi connectivity index (χ1) is 8.97. The first-order valence-electron chi connectivity index (χ1n) is 5.61. The summed E-state index contributed by atoms with van der Waals surface area (Å²) in [6, 6.07) is 4.13. The molecule has 100 valence electrons. The number of aromatic nitrogens is 2. The lowest BCUT2D eigenvalue weighted by molar-refractivity contribution is -0.138. The number of nitrogens with zero attached hydrogens (tertiary/aromatic N) is 2. The van der Waals surface area contributed by atoms with Gasteiger partial charge < -0.3 is 9.67 Å². The van der Waals surface area contributed by atoms with Gasteiger partial charge in [0.1, 0.15) is 5.82 Å². The van der Waals surface area contributed by atoms with Gasteiger partial charge in [-0.15, -0.1) is 0 Å². The van der Waals surface area contributed by atoms with Gasteiger partial charge in [-0.25, -0.2) is 9.37 Å². The number of carboxylic acids is 1. The van der Waals surface area contributed by atoms with Crippen molar-refractivity contribution in [1.29, 1.82) is 0 Å². The molecule has 0 radical (unpaired) electrons. The summed E-state index contributed by atoms with van der Waals surface area (Å²) in [5.41, 5.74) is 1.10. The lowest BCUT2D eigenvalue weighted by atomic mass is 10.3. The number of aliphatic carboxylic acids is 1. The molecule has 0 bridgehead atoms. The third kappa shape index (κ3) is 2.87. The van der Waals surface area contributed by atoms with Gasteiger partial charge in [0.25, 0.3) is 0 Å². The smallest absolute Gasteiger partial charge is 0.303 e. The van der Waals surface area contributed by atoms with Crippen LogP contribution in [0.25, 0.3) is 11.0 Å². The fraction of sp³-hybridized carbons (Fsp3) is 0.250. The zero-order chi connectivity index (χ0) is 14.0. The first kappa shape index (κ1) is 13.0. The summed E-state index contributed by atoms with van der Waals surface area (Å²) in [5.74, 6) is -1.63. The van der Waals surface area contributed by atoms with E-state index in [2.05, 4.69) is 10.3 Å². The molecule has 0 atom stereocenters. The van der Waals surface area contributed by atoms with Gasteiger partial charge >= 0.3 is 5.97 Å². The molecule has 2 N–H and O–H groups in total. The van der Waals surface area contributed by atoms with Gasteiger partial charge in [0.15, 0.2) is 0 Å². The largest absolute Gasteiger partial charge is 0.481 e. The van der Waals surface area contributed by atoms with Crippen LogP contribution >= 0.6 is 0 Å². The summed E-state index contributed by atoms with van der Waals surface area (Å²) in [7, 11) is 1.68. The molecule has 1 heterocycles. The first-order valence-corrected chi connectivity index (χ1v) is 5.61. The number of fused-ring (bicyclic) bond motifs is 1. The number of benzene rings is 1. The molecule has 0 aliphatic heterocycles. The highest BCUT2D eigenvalue weighted by Crippen LogP contribution is 2.19. The predicted molar refractivity (Wildman–Crippen MR) is 66.2 cm³/mol. The van der Waals surface area contributed by atoms with Gasteiger partial charge in [0, 0.05) is 19.5 Å². The van der Waals surface area contributed by atoms with Gasteiger partial charge in [0.05, 0.1) is 17.5 Å². The monoisotopic (exact) mass is 265 g/mol. The van der Waals surface area contributed by atoms with Crippen LogP contribution in [0, 0.1) is 5.82 Å². The number of hydrogen-bond acceptors (Lipinski definition) is 3. The van der Waals surface area contributed by atoms with Crippen LogP contribution in [0.15, 0.2) is 18.2 Å². The van der Waals surface area contributed by atoms with Crippen molar-refractivity contribution in [2.24, 2.45) is 7.05 Å². The van der Waals surface area contributed by atoms with Gasteiger partial charge in [-0.05, 0) is 12.1 Å². The number of rotatable bonds is 4. The second-order valence-electron chi connectivity index (χ2n) is 4.07. The average Bonchev–Trinajstić information content (AvgIpc) is 2.63. The lowest BCUT2D eigenvalue weighted by Gasteiger charge is -2.03. The number of anilines is 1. The Labute approximate surface area is 107 Å². The van der Waals surface area contributed by atoms with Gasteiger partial charge in [-0.2, -0.15) is 0 Å². The van der Waals surface area contributed by atoms with Crippen LogP contribution in [0.3, 0.4) is 0 Å². The van der Waals surface area contributed by atoms with Crippen LogP contribution in [0.1, 0.15) is 12.8 Å². The highest BCUT2D eigenvalue weighted by atomic mass is 19.1. The summed E-state index contributed by atoms with van der Waals surface area (Å²) in [4.78, 5) is 26.0. The number of hydrogen-bond donors (Lipinski definition) is 2. The van der Waals surface area contributed by atoms with Crippen LogP contribution in [0.2, 0.25) is 0 Å². The minimum Gasteiger partial charge on any atom is -0.481 e. The zero-order valence-electron chi connectivity index (χ0n) is 10.2. The van der Waals surface area contributed by atoms with Crippen molar-refractivity contribution < 1.29 is 19.1 Å². The normalized spacial score (nSPS) is 10.6. The van der Waals surface area contributed by atoms with E-state index in [1.54, 1.807) is 17.7 Å². The number of carbonyl (C=O) groups is 2. The second kappa shape index (κ2) is 5.05. The van der Waals surface area contributed by atoms with E-state index in [9.17, 15) is 14.0 Å². The molecule has 0 saturated heterocycles. The molecule has 0 aliphatic rings. The predicted octanol–water partition coefficient (Wildman–Crippen LogP) is 1.52. The molecule has 6 nitrogen and oxygen atoms in total. The summed E-state index contributed by atoms with van der Waals surface area (Å²) >= 11 is 0. The Morgan fingerprint density at radius 2 is 2.16 bits per heavy atom. The topological polar surface area (TPSA) is 84.2 Å². The van der Waals surface area contributed by atoms with E-state index in [0.29, 0.717) is 11.0 Å². The molecular weight excluding hydrogens is 253 g/mol. The molecule has 2 aromatic rings. The summed E-state index contributed by atoms with van der Waals surface area (Å²) in [5, 5.41) is 11.0. The van der Waals surface area contributed by atoms with Crippen molar-refractivity contribution in [2.45, 2.75) is 12.8 Å². The van der Waals surface area contributed by atoms with Crippen molar-refractivity contribution in [1.82, 2.24) is 9.55 Å². The highest BCUT2D eigenvalue weighted by Gasteiger charge is 2.12. The molecule has 0 saturated carbocycles. The average molecular weight is 265 g/mol. The van der Waals surface area contributed by atoms with Gasteiger partial charge in [-0.1, -0.05) is 0 Å². The maximum absolute atomic E-state index is 13.0. The standard InChI is InChI=1S/C12H12FN3O3/c1-16-9-3-2-7(13)6-8(9)14-12(16)15-10(17)4-5-11(18)19/h2-3,6H,4-5H2,1H3,(H,18,19)(H,14,15,17). The number of aryl methyl sites for hydroxylation is 1. The Bertz CT molecular complexity index is 651. The molecule has 0 unspecified atom stereocenters. The Morgan fingerprint density at radius 1 is 1.42 bits per heavy atom. The third-order valence-electron chi connectivity index (χ3n) is 2.66. The Kier molecular flexibility index (Phi) is 3.46. The number of imidazole rings is 1. The number of nitrogens with one attached hydrogen (secondary N) is 1. The van der Waals surface area contributed by atoms with Crippen molar-refractivity contribution >= 4 is 28.9 Å². The lowest BCUT2D eigenvalue weighted by Crippen LogP contribution is -2.15. The molecule has 0 fully saturated rings. The van der Waals surface area contributed by atoms with Crippen molar-refractivity contribution in [3.8, 4) is 0 Å². The van der Waals surface area contributed by atoms with Gasteiger partial charge in [0.2, 0.25) is 11.9 Å². The summed E-state index contributed by atoms with van der Waals surface area (Å²) < 4.78 is 14.7. The molecule has 2 rings (SSSR count). The van der Waals surface area contributed by atoms with Crippen molar-refractivity contribution in [3.05, 3.63) is 24.0 Å². The molecule has 19 heavy (non-hydrogen) atoms. The molecule has 1 aromatic heterocycles. The minimum atomic E-state index is -1.04. The Hall–Kier alpha value is -2.44. The van der Waals surface area contributed by atoms with E-state index >= 15 is 0 Å². The van der Waals surface area contributed by atoms with Crippen molar-refractivity contribution in [3.63, 3.8) is 0 Å². The van der Waals surface area contributed by atoms with Crippen LogP contribution in [0.5, 0.6) is 0 Å².